The Hall–Kier alpha value is -1.85. The molecule has 3 N–H and O–H groups in total. The molecule has 0 unspecified atom stereocenters. The van der Waals surface area contributed by atoms with Gasteiger partial charge in [-0.3, -0.25) is 9.59 Å². The number of aromatic amines is 1. The summed E-state index contributed by atoms with van der Waals surface area (Å²) in [6.45, 7) is 2.05. The lowest BCUT2D eigenvalue weighted by Gasteiger charge is -2.06. The molecule has 6 nitrogen and oxygen atoms in total. The van der Waals surface area contributed by atoms with E-state index in [1.807, 2.05) is 6.92 Å². The maximum Gasteiger partial charge on any atom is 0.252 e. The van der Waals surface area contributed by atoms with E-state index in [0.29, 0.717) is 24.1 Å². The lowest BCUT2D eigenvalue weighted by Crippen LogP contribution is -2.31. The summed E-state index contributed by atoms with van der Waals surface area (Å²) in [5, 5.41) is 5.70. The van der Waals surface area contributed by atoms with Crippen LogP contribution in [0.25, 0.3) is 0 Å². The molecular weight excluding hydrogens is 220 g/mol. The molecule has 1 aliphatic carbocycles. The molecule has 1 aromatic rings. The van der Waals surface area contributed by atoms with Crippen molar-refractivity contribution in [1.29, 1.82) is 0 Å². The molecule has 0 aromatic carbocycles. The van der Waals surface area contributed by atoms with Gasteiger partial charge in [0.15, 0.2) is 0 Å². The monoisotopic (exact) mass is 236 g/mol. The second-order valence-electron chi connectivity index (χ2n) is 4.13. The number of aryl methyl sites for hydroxylation is 1. The van der Waals surface area contributed by atoms with Gasteiger partial charge in [-0.2, -0.15) is 0 Å². The van der Waals surface area contributed by atoms with Crippen LogP contribution in [0, 0.1) is 0 Å². The molecule has 1 heterocycles. The number of H-pyrrole nitrogens is 1. The third-order valence-electron chi connectivity index (χ3n) is 2.50. The Kier molecular flexibility index (Phi) is 3.41. The Labute approximate surface area is 98.8 Å². The van der Waals surface area contributed by atoms with E-state index >= 15 is 0 Å². The summed E-state index contributed by atoms with van der Waals surface area (Å²) in [6, 6.07) is 1.70. The number of carbonyl (C=O) groups excluding carboxylic acids is 1. The fourth-order valence-electron chi connectivity index (χ4n) is 1.44. The maximum absolute atomic E-state index is 11.4. The van der Waals surface area contributed by atoms with Crippen LogP contribution in [0.5, 0.6) is 0 Å². The summed E-state index contributed by atoms with van der Waals surface area (Å²) in [6.07, 6.45) is 2.78. The third kappa shape index (κ3) is 3.58. The number of carbonyl (C=O) groups is 1. The molecule has 2 rings (SSSR count). The first kappa shape index (κ1) is 11.6. The maximum atomic E-state index is 11.4. The Morgan fingerprint density at radius 1 is 1.59 bits per heavy atom. The quantitative estimate of drug-likeness (QED) is 0.672. The van der Waals surface area contributed by atoms with E-state index in [1.54, 1.807) is 0 Å². The van der Waals surface area contributed by atoms with Crippen molar-refractivity contribution in [3.63, 3.8) is 0 Å². The van der Waals surface area contributed by atoms with Gasteiger partial charge in [-0.1, -0.05) is 6.92 Å². The lowest BCUT2D eigenvalue weighted by molar-refractivity contribution is -0.119. The fourth-order valence-corrected chi connectivity index (χ4v) is 1.44. The van der Waals surface area contributed by atoms with Crippen molar-refractivity contribution in [3.05, 3.63) is 22.2 Å². The molecule has 6 heteroatoms. The zero-order valence-electron chi connectivity index (χ0n) is 9.75. The average Bonchev–Trinajstić information content (AvgIpc) is 3.09. The second kappa shape index (κ2) is 4.99. The van der Waals surface area contributed by atoms with E-state index in [-0.39, 0.29) is 18.0 Å². The first-order chi connectivity index (χ1) is 8.17. The molecule has 1 saturated carbocycles. The summed E-state index contributed by atoms with van der Waals surface area (Å²) in [5.74, 6) is 0.992. The minimum absolute atomic E-state index is 0.0624. The van der Waals surface area contributed by atoms with Crippen LogP contribution in [0.3, 0.4) is 0 Å². The largest absolute Gasteiger partial charge is 0.361 e. The van der Waals surface area contributed by atoms with Crippen LogP contribution < -0.4 is 16.2 Å². The number of nitrogens with zero attached hydrogens (tertiary/aromatic N) is 1. The minimum Gasteiger partial charge on any atom is -0.361 e. The van der Waals surface area contributed by atoms with Crippen LogP contribution in [-0.4, -0.2) is 28.5 Å². The van der Waals surface area contributed by atoms with E-state index in [9.17, 15) is 9.59 Å². The van der Waals surface area contributed by atoms with Gasteiger partial charge in [-0.25, -0.2) is 4.98 Å². The van der Waals surface area contributed by atoms with Gasteiger partial charge in [0.2, 0.25) is 5.91 Å². The van der Waals surface area contributed by atoms with Gasteiger partial charge in [0, 0.05) is 18.5 Å². The van der Waals surface area contributed by atoms with Gasteiger partial charge in [-0.05, 0) is 12.8 Å². The van der Waals surface area contributed by atoms with Gasteiger partial charge in [0.05, 0.1) is 6.54 Å². The predicted molar refractivity (Wildman–Crippen MR) is 63.9 cm³/mol. The molecule has 0 bridgehead atoms. The van der Waals surface area contributed by atoms with Crippen LogP contribution in [0.15, 0.2) is 10.9 Å². The number of rotatable bonds is 5. The van der Waals surface area contributed by atoms with Gasteiger partial charge in [0.25, 0.3) is 5.56 Å². The fraction of sp³-hybridized carbons (Fsp3) is 0.545. The molecule has 0 saturated heterocycles. The molecule has 92 valence electrons. The van der Waals surface area contributed by atoms with Gasteiger partial charge >= 0.3 is 0 Å². The van der Waals surface area contributed by atoms with E-state index in [2.05, 4.69) is 20.6 Å². The molecule has 0 radical (unpaired) electrons. The molecule has 1 fully saturated rings. The SMILES string of the molecule is CCc1nc(NCC(=O)NC2CC2)cc(=O)[nH]1. The molecule has 17 heavy (non-hydrogen) atoms. The highest BCUT2D eigenvalue weighted by Gasteiger charge is 2.22. The number of hydrogen-bond donors (Lipinski definition) is 3. The summed E-state index contributed by atoms with van der Waals surface area (Å²) >= 11 is 0. The van der Waals surface area contributed by atoms with Gasteiger partial charge < -0.3 is 15.6 Å². The number of amides is 1. The predicted octanol–water partition coefficient (Wildman–Crippen LogP) is 0.0228. The smallest absolute Gasteiger partial charge is 0.252 e. The molecule has 0 spiro atoms. The van der Waals surface area contributed by atoms with Crippen molar-refractivity contribution < 1.29 is 4.79 Å². The number of aromatic nitrogens is 2. The molecule has 1 aromatic heterocycles. The average molecular weight is 236 g/mol. The van der Waals surface area contributed by atoms with Crippen LogP contribution in [0.4, 0.5) is 5.82 Å². The highest BCUT2D eigenvalue weighted by Crippen LogP contribution is 2.18. The molecule has 1 amide bonds. The zero-order valence-corrected chi connectivity index (χ0v) is 9.75. The number of anilines is 1. The number of hydrogen-bond acceptors (Lipinski definition) is 4. The topological polar surface area (TPSA) is 86.9 Å². The van der Waals surface area contributed by atoms with Crippen molar-refractivity contribution in [2.75, 3.05) is 11.9 Å². The molecular formula is C11H16N4O2. The van der Waals surface area contributed by atoms with E-state index in [1.165, 1.54) is 6.07 Å². The van der Waals surface area contributed by atoms with Crippen LogP contribution in [0.2, 0.25) is 0 Å². The van der Waals surface area contributed by atoms with E-state index in [0.717, 1.165) is 12.8 Å². The highest BCUT2D eigenvalue weighted by molar-refractivity contribution is 5.80. The number of nitrogens with one attached hydrogen (secondary N) is 3. The third-order valence-corrected chi connectivity index (χ3v) is 2.50. The lowest BCUT2D eigenvalue weighted by atomic mass is 10.4. The van der Waals surface area contributed by atoms with E-state index in [4.69, 9.17) is 0 Å². The Morgan fingerprint density at radius 3 is 3.00 bits per heavy atom. The minimum atomic E-state index is -0.207. The summed E-state index contributed by atoms with van der Waals surface area (Å²) < 4.78 is 0. The molecule has 0 aliphatic heterocycles. The van der Waals surface area contributed by atoms with Crippen LogP contribution in [0.1, 0.15) is 25.6 Å². The summed E-state index contributed by atoms with van der Waals surface area (Å²) in [7, 11) is 0. The first-order valence-corrected chi connectivity index (χ1v) is 5.81. The van der Waals surface area contributed by atoms with Gasteiger partial charge in [-0.15, -0.1) is 0 Å². The van der Waals surface area contributed by atoms with Crippen molar-refractivity contribution in [3.8, 4) is 0 Å². The molecule has 0 atom stereocenters. The van der Waals surface area contributed by atoms with Crippen molar-refractivity contribution in [2.45, 2.75) is 32.2 Å². The summed E-state index contributed by atoms with van der Waals surface area (Å²) in [4.78, 5) is 29.5. The Bertz CT molecular complexity index is 465. The highest BCUT2D eigenvalue weighted by atomic mass is 16.2. The Balaban J connectivity index is 1.90. The summed E-state index contributed by atoms with van der Waals surface area (Å²) in [5.41, 5.74) is -0.207. The van der Waals surface area contributed by atoms with Crippen LogP contribution in [-0.2, 0) is 11.2 Å². The Morgan fingerprint density at radius 2 is 2.35 bits per heavy atom. The van der Waals surface area contributed by atoms with E-state index < -0.39 is 0 Å². The van der Waals surface area contributed by atoms with Gasteiger partial charge in [0.1, 0.15) is 11.6 Å². The normalized spacial score (nSPS) is 14.4. The van der Waals surface area contributed by atoms with Crippen LogP contribution >= 0.6 is 0 Å². The second-order valence-corrected chi connectivity index (χ2v) is 4.13. The standard InChI is InChI=1S/C11H16N4O2/c1-2-8-14-9(5-10(16)15-8)12-6-11(17)13-7-3-4-7/h5,7H,2-4,6H2,1H3,(H,13,17)(H2,12,14,15,16). The van der Waals surface area contributed by atoms with Crippen molar-refractivity contribution >= 4 is 11.7 Å². The zero-order chi connectivity index (χ0) is 12.3. The first-order valence-electron chi connectivity index (χ1n) is 5.81. The van der Waals surface area contributed by atoms with Crippen molar-refractivity contribution in [1.82, 2.24) is 15.3 Å². The van der Waals surface area contributed by atoms with Crippen molar-refractivity contribution in [2.24, 2.45) is 0 Å². The molecule has 1 aliphatic rings.